The monoisotopic (exact) mass is 487 g/mol. The van der Waals surface area contributed by atoms with Gasteiger partial charge < -0.3 is 14.4 Å². The van der Waals surface area contributed by atoms with Gasteiger partial charge in [0.1, 0.15) is 5.75 Å². The lowest BCUT2D eigenvalue weighted by Crippen LogP contribution is -2.40. The minimum atomic E-state index is -0.0941. The second kappa shape index (κ2) is 18.3. The lowest BCUT2D eigenvalue weighted by molar-refractivity contribution is -0.150. The summed E-state index contributed by atoms with van der Waals surface area (Å²) >= 11 is 0. The number of unbranched alkanes of at least 4 members (excludes halogenated alkanes) is 13. The zero-order valence-electron chi connectivity index (χ0n) is 22.4. The summed E-state index contributed by atoms with van der Waals surface area (Å²) in [5.74, 6) is 0.372. The van der Waals surface area contributed by atoms with Gasteiger partial charge in [0.15, 0.2) is 0 Å². The smallest absolute Gasteiger partial charge is 0.309 e. The van der Waals surface area contributed by atoms with Gasteiger partial charge in [-0.15, -0.1) is 0 Å². The molecule has 0 bridgehead atoms. The minimum absolute atomic E-state index is 0.0309. The number of para-hydroxylation sites is 1. The van der Waals surface area contributed by atoms with E-state index in [1.165, 1.54) is 77.0 Å². The first-order valence-corrected chi connectivity index (χ1v) is 14.3. The average molecular weight is 488 g/mol. The van der Waals surface area contributed by atoms with Crippen molar-refractivity contribution in [1.29, 1.82) is 0 Å². The van der Waals surface area contributed by atoms with Crippen LogP contribution in [0.15, 0.2) is 24.3 Å². The average Bonchev–Trinajstić information content (AvgIpc) is 2.90. The quantitative estimate of drug-likeness (QED) is 0.158. The van der Waals surface area contributed by atoms with Crippen molar-refractivity contribution in [3.8, 4) is 5.75 Å². The summed E-state index contributed by atoms with van der Waals surface area (Å²) in [6.45, 7) is 3.95. The molecular weight excluding hydrogens is 438 g/mol. The maximum absolute atomic E-state index is 12.8. The van der Waals surface area contributed by atoms with E-state index in [9.17, 15) is 9.59 Å². The molecule has 1 aromatic carbocycles. The SMILES string of the molecule is CCCCCCCCCCCCCCCCOC(=O)C1CCN(C(=O)c2ccccc2OC)CC1. The molecule has 1 aliphatic heterocycles. The van der Waals surface area contributed by atoms with Gasteiger partial charge in [-0.2, -0.15) is 0 Å². The normalized spacial score (nSPS) is 14.2. The fraction of sp³-hybridized carbons (Fsp3) is 0.733. The molecule has 1 saturated heterocycles. The standard InChI is InChI=1S/C30H49NO4/c1-3-4-5-6-7-8-9-10-11-12-13-14-15-18-25-35-30(33)26-21-23-31(24-22-26)29(32)27-19-16-17-20-28(27)34-2/h16-17,19-20,26H,3-15,18,21-25H2,1-2H3. The number of carbonyl (C=O) groups excluding carboxylic acids is 2. The Kier molecular flexibility index (Phi) is 15.2. The molecule has 0 saturated carbocycles. The van der Waals surface area contributed by atoms with E-state index in [4.69, 9.17) is 9.47 Å². The molecule has 0 N–H and O–H groups in total. The first-order chi connectivity index (χ1) is 17.2. The number of hydrogen-bond acceptors (Lipinski definition) is 4. The Balaban J connectivity index is 1.45. The van der Waals surface area contributed by atoms with Gasteiger partial charge in [-0.25, -0.2) is 0 Å². The van der Waals surface area contributed by atoms with Crippen molar-refractivity contribution in [2.45, 2.75) is 110 Å². The number of piperidine rings is 1. The number of benzene rings is 1. The van der Waals surface area contributed by atoms with Gasteiger partial charge in [0.25, 0.3) is 5.91 Å². The molecule has 0 atom stereocenters. The fourth-order valence-corrected chi connectivity index (χ4v) is 4.90. The summed E-state index contributed by atoms with van der Waals surface area (Å²) in [5, 5.41) is 0. The lowest BCUT2D eigenvalue weighted by atomic mass is 9.96. The molecule has 1 fully saturated rings. The van der Waals surface area contributed by atoms with Crippen molar-refractivity contribution in [1.82, 2.24) is 4.90 Å². The summed E-state index contributed by atoms with van der Waals surface area (Å²) in [6, 6.07) is 7.29. The molecule has 0 unspecified atom stereocenters. The highest BCUT2D eigenvalue weighted by atomic mass is 16.5. The number of likely N-dealkylation sites (tertiary alicyclic amines) is 1. The molecule has 198 valence electrons. The molecule has 0 aliphatic carbocycles. The maximum Gasteiger partial charge on any atom is 0.309 e. The van der Waals surface area contributed by atoms with Gasteiger partial charge in [-0.1, -0.05) is 103 Å². The largest absolute Gasteiger partial charge is 0.496 e. The molecule has 0 spiro atoms. The van der Waals surface area contributed by atoms with Crippen LogP contribution in [0.25, 0.3) is 0 Å². The summed E-state index contributed by atoms with van der Waals surface area (Å²) < 4.78 is 10.9. The van der Waals surface area contributed by atoms with Crippen LogP contribution in [0.1, 0.15) is 120 Å². The summed E-state index contributed by atoms with van der Waals surface area (Å²) in [6.07, 6.45) is 19.8. The van der Waals surface area contributed by atoms with Crippen molar-refractivity contribution in [3.63, 3.8) is 0 Å². The second-order valence-corrected chi connectivity index (χ2v) is 10.0. The van der Waals surface area contributed by atoms with Crippen LogP contribution >= 0.6 is 0 Å². The lowest BCUT2D eigenvalue weighted by Gasteiger charge is -2.31. The van der Waals surface area contributed by atoms with Crippen LogP contribution in [0.4, 0.5) is 0 Å². The van der Waals surface area contributed by atoms with Crippen LogP contribution in [0.3, 0.4) is 0 Å². The maximum atomic E-state index is 12.8. The van der Waals surface area contributed by atoms with E-state index in [0.29, 0.717) is 43.9 Å². The fourth-order valence-electron chi connectivity index (χ4n) is 4.90. The van der Waals surface area contributed by atoms with Gasteiger partial charge in [-0.3, -0.25) is 9.59 Å². The Morgan fingerprint density at radius 2 is 1.31 bits per heavy atom. The number of nitrogens with zero attached hydrogens (tertiary/aromatic N) is 1. The number of carbonyl (C=O) groups is 2. The number of rotatable bonds is 18. The predicted octanol–water partition coefficient (Wildman–Crippen LogP) is 7.57. The van der Waals surface area contributed by atoms with Gasteiger partial charge >= 0.3 is 5.97 Å². The molecule has 2 rings (SSSR count). The predicted molar refractivity (Wildman–Crippen MR) is 143 cm³/mol. The van der Waals surface area contributed by atoms with Crippen molar-refractivity contribution >= 4 is 11.9 Å². The van der Waals surface area contributed by atoms with Crippen LogP contribution in [0.5, 0.6) is 5.75 Å². The van der Waals surface area contributed by atoms with Crippen molar-refractivity contribution in [2.75, 3.05) is 26.8 Å². The molecule has 1 aliphatic rings. The minimum Gasteiger partial charge on any atom is -0.496 e. The zero-order valence-corrected chi connectivity index (χ0v) is 22.4. The van der Waals surface area contributed by atoms with Crippen LogP contribution in [0, 0.1) is 5.92 Å². The van der Waals surface area contributed by atoms with Crippen molar-refractivity contribution < 1.29 is 19.1 Å². The first-order valence-electron chi connectivity index (χ1n) is 14.3. The summed E-state index contributed by atoms with van der Waals surface area (Å²) in [5.41, 5.74) is 0.578. The van der Waals surface area contributed by atoms with Crippen LogP contribution < -0.4 is 4.74 Å². The Morgan fingerprint density at radius 1 is 0.800 bits per heavy atom. The van der Waals surface area contributed by atoms with E-state index in [0.717, 1.165) is 12.8 Å². The van der Waals surface area contributed by atoms with Gasteiger partial charge in [0.05, 0.1) is 25.2 Å². The third kappa shape index (κ3) is 11.5. The van der Waals surface area contributed by atoms with E-state index in [1.807, 2.05) is 17.0 Å². The zero-order chi connectivity index (χ0) is 25.1. The Morgan fingerprint density at radius 3 is 1.86 bits per heavy atom. The highest BCUT2D eigenvalue weighted by Crippen LogP contribution is 2.24. The number of esters is 1. The van der Waals surface area contributed by atoms with E-state index in [2.05, 4.69) is 6.92 Å². The van der Waals surface area contributed by atoms with Crippen LogP contribution in [-0.2, 0) is 9.53 Å². The highest BCUT2D eigenvalue weighted by molar-refractivity contribution is 5.97. The van der Waals surface area contributed by atoms with Crippen molar-refractivity contribution in [3.05, 3.63) is 29.8 Å². The number of ether oxygens (including phenoxy) is 2. The molecule has 0 aromatic heterocycles. The molecular formula is C30H49NO4. The van der Waals surface area contributed by atoms with E-state index in [1.54, 1.807) is 19.2 Å². The Labute approximate surface area is 213 Å². The molecule has 1 heterocycles. The molecule has 1 amide bonds. The second-order valence-electron chi connectivity index (χ2n) is 10.0. The summed E-state index contributed by atoms with van der Waals surface area (Å²) in [7, 11) is 1.58. The van der Waals surface area contributed by atoms with Gasteiger partial charge in [0, 0.05) is 13.1 Å². The number of amides is 1. The molecule has 1 aromatic rings. The number of hydrogen-bond donors (Lipinski definition) is 0. The molecule has 35 heavy (non-hydrogen) atoms. The molecule has 5 heteroatoms. The molecule has 0 radical (unpaired) electrons. The van der Waals surface area contributed by atoms with Crippen LogP contribution in [-0.4, -0.2) is 43.6 Å². The topological polar surface area (TPSA) is 55.8 Å². The highest BCUT2D eigenvalue weighted by Gasteiger charge is 2.29. The van der Waals surface area contributed by atoms with Crippen molar-refractivity contribution in [2.24, 2.45) is 5.92 Å². The third-order valence-corrected chi connectivity index (χ3v) is 7.20. The van der Waals surface area contributed by atoms with E-state index in [-0.39, 0.29) is 17.8 Å². The Hall–Kier alpha value is -2.04. The first kappa shape index (κ1) is 29.2. The van der Waals surface area contributed by atoms with Gasteiger partial charge in [-0.05, 0) is 31.4 Å². The van der Waals surface area contributed by atoms with Crippen LogP contribution in [0.2, 0.25) is 0 Å². The number of methoxy groups -OCH3 is 1. The van der Waals surface area contributed by atoms with Gasteiger partial charge in [0.2, 0.25) is 0 Å². The third-order valence-electron chi connectivity index (χ3n) is 7.20. The van der Waals surface area contributed by atoms with E-state index < -0.39 is 0 Å². The van der Waals surface area contributed by atoms with E-state index >= 15 is 0 Å². The Bertz CT molecular complexity index is 712. The molecule has 5 nitrogen and oxygen atoms in total. The summed E-state index contributed by atoms with van der Waals surface area (Å²) in [4.78, 5) is 27.1.